The Bertz CT molecular complexity index is 923. The molecule has 2 aromatic carbocycles. The van der Waals surface area contributed by atoms with E-state index in [0.29, 0.717) is 19.5 Å². The van der Waals surface area contributed by atoms with Crippen LogP contribution in [0.15, 0.2) is 54.6 Å². The number of aryl methyl sites for hydroxylation is 1. The summed E-state index contributed by atoms with van der Waals surface area (Å²) in [7, 11) is 0. The molecule has 2 fully saturated rings. The number of nitrogens with zero attached hydrogens (tertiary/aromatic N) is 2. The fraction of sp³-hybridized carbons (Fsp3) is 0.391. The highest BCUT2D eigenvalue weighted by molar-refractivity contribution is 6.07. The number of quaternary nitrogens is 1. The van der Waals surface area contributed by atoms with Gasteiger partial charge in [-0.15, -0.1) is 0 Å². The minimum Gasteiger partial charge on any atom is -0.360 e. The van der Waals surface area contributed by atoms with Crippen molar-refractivity contribution in [2.75, 3.05) is 37.7 Å². The Morgan fingerprint density at radius 1 is 0.931 bits per heavy atom. The van der Waals surface area contributed by atoms with Crippen LogP contribution in [0.2, 0.25) is 0 Å². The van der Waals surface area contributed by atoms with E-state index in [1.807, 2.05) is 18.2 Å². The Morgan fingerprint density at radius 3 is 2.38 bits per heavy atom. The van der Waals surface area contributed by atoms with Gasteiger partial charge in [-0.3, -0.25) is 4.79 Å². The fourth-order valence-electron chi connectivity index (χ4n) is 4.95. The predicted octanol–water partition coefficient (Wildman–Crippen LogP) is 0.829. The molecule has 2 aromatic rings. The van der Waals surface area contributed by atoms with Gasteiger partial charge in [-0.2, -0.15) is 0 Å². The molecule has 5 rings (SSSR count). The number of fused-ring (bicyclic) bond motifs is 1. The van der Waals surface area contributed by atoms with Crippen LogP contribution in [-0.2, 0) is 17.6 Å². The Hall–Kier alpha value is -2.86. The van der Waals surface area contributed by atoms with Gasteiger partial charge in [0, 0.05) is 12.1 Å². The monoisotopic (exact) mass is 391 g/mol. The molecule has 29 heavy (non-hydrogen) atoms. The van der Waals surface area contributed by atoms with Gasteiger partial charge in [0.2, 0.25) is 0 Å². The highest BCUT2D eigenvalue weighted by Gasteiger charge is 2.53. The summed E-state index contributed by atoms with van der Waals surface area (Å²) < 4.78 is 0. The first-order valence-electron chi connectivity index (χ1n) is 10.5. The average molecular weight is 391 g/mol. The summed E-state index contributed by atoms with van der Waals surface area (Å²) in [5.41, 5.74) is 2.96. The van der Waals surface area contributed by atoms with Gasteiger partial charge in [-0.05, 0) is 36.1 Å². The van der Waals surface area contributed by atoms with Crippen LogP contribution in [0.3, 0.4) is 0 Å². The van der Waals surface area contributed by atoms with E-state index in [2.05, 4.69) is 46.6 Å². The Kier molecular flexibility index (Phi) is 4.51. The summed E-state index contributed by atoms with van der Waals surface area (Å²) in [6.45, 7) is 4.16. The van der Waals surface area contributed by atoms with Gasteiger partial charge < -0.3 is 15.1 Å². The van der Waals surface area contributed by atoms with Crippen LogP contribution in [0.5, 0.6) is 0 Å². The number of piperazine rings is 1. The topological polar surface area (TPSA) is 57.1 Å². The summed E-state index contributed by atoms with van der Waals surface area (Å²) in [6.07, 6.45) is 2.11. The third-order valence-corrected chi connectivity index (χ3v) is 6.65. The number of amides is 3. The molecule has 150 valence electrons. The van der Waals surface area contributed by atoms with Crippen molar-refractivity contribution in [3.05, 3.63) is 65.7 Å². The van der Waals surface area contributed by atoms with Gasteiger partial charge in [0.1, 0.15) is 5.54 Å². The van der Waals surface area contributed by atoms with Gasteiger partial charge >= 0.3 is 6.03 Å². The molecule has 2 N–H and O–H groups in total. The van der Waals surface area contributed by atoms with Gasteiger partial charge in [0.15, 0.2) is 6.67 Å². The molecular formula is C23H27N4O2+. The molecule has 6 nitrogen and oxygen atoms in total. The van der Waals surface area contributed by atoms with Gasteiger partial charge in [0.25, 0.3) is 5.91 Å². The van der Waals surface area contributed by atoms with E-state index in [-0.39, 0.29) is 11.9 Å². The van der Waals surface area contributed by atoms with E-state index in [0.717, 1.165) is 32.6 Å². The Morgan fingerprint density at radius 2 is 1.62 bits per heavy atom. The molecular weight excluding hydrogens is 364 g/mol. The number of para-hydroxylation sites is 1. The number of hydrogen-bond acceptors (Lipinski definition) is 3. The van der Waals surface area contributed by atoms with Crippen LogP contribution < -0.4 is 15.1 Å². The molecule has 3 aliphatic rings. The van der Waals surface area contributed by atoms with Crippen molar-refractivity contribution in [1.82, 2.24) is 10.2 Å². The van der Waals surface area contributed by atoms with Gasteiger partial charge in [-0.1, -0.05) is 42.5 Å². The molecule has 2 aliphatic heterocycles. The molecule has 2 heterocycles. The summed E-state index contributed by atoms with van der Waals surface area (Å²) in [5, 5.41) is 3.05. The Labute approximate surface area is 171 Å². The number of urea groups is 1. The maximum Gasteiger partial charge on any atom is 0.329 e. The second kappa shape index (κ2) is 7.19. The molecule has 1 aliphatic carbocycles. The van der Waals surface area contributed by atoms with E-state index in [1.54, 1.807) is 0 Å². The molecule has 0 radical (unpaired) electrons. The van der Waals surface area contributed by atoms with Crippen LogP contribution >= 0.6 is 0 Å². The lowest BCUT2D eigenvalue weighted by molar-refractivity contribution is -0.907. The molecule has 0 unspecified atom stereocenters. The van der Waals surface area contributed by atoms with Crippen LogP contribution in [0, 0.1) is 0 Å². The standard InChI is InChI=1S/C23H26N4O2/c28-21-23(11-10-18-6-4-5-7-19(18)16-23)24-22(29)27(21)17-25-12-14-26(15-13-25)20-8-2-1-3-9-20/h1-9H,10-17H2,(H,24,29)/p+1/t23-/m1/s1. The zero-order valence-corrected chi connectivity index (χ0v) is 16.6. The van der Waals surface area contributed by atoms with Gasteiger partial charge in [-0.25, -0.2) is 9.69 Å². The molecule has 0 saturated carbocycles. The third kappa shape index (κ3) is 3.27. The quantitative estimate of drug-likeness (QED) is 0.762. The summed E-state index contributed by atoms with van der Waals surface area (Å²) in [5.74, 6) is -0.0463. The number of rotatable bonds is 3. The smallest absolute Gasteiger partial charge is 0.329 e. The first-order valence-corrected chi connectivity index (χ1v) is 10.5. The number of anilines is 1. The van der Waals surface area contributed by atoms with Crippen LogP contribution in [0.1, 0.15) is 17.5 Å². The fourth-order valence-corrected chi connectivity index (χ4v) is 4.95. The normalized spacial score (nSPS) is 24.7. The van der Waals surface area contributed by atoms with E-state index in [9.17, 15) is 9.59 Å². The number of hydrogen-bond donors (Lipinski definition) is 2. The molecule has 1 spiro atoms. The van der Waals surface area contributed by atoms with Crippen molar-refractivity contribution >= 4 is 17.6 Å². The average Bonchev–Trinajstić information content (AvgIpc) is 2.98. The third-order valence-electron chi connectivity index (χ3n) is 6.65. The van der Waals surface area contributed by atoms with Gasteiger partial charge in [0.05, 0.1) is 26.2 Å². The predicted molar refractivity (Wildman–Crippen MR) is 111 cm³/mol. The zero-order chi connectivity index (χ0) is 19.8. The largest absolute Gasteiger partial charge is 0.360 e. The highest BCUT2D eigenvalue weighted by atomic mass is 16.2. The number of benzene rings is 2. The molecule has 3 amide bonds. The molecule has 2 saturated heterocycles. The minimum absolute atomic E-state index is 0.0463. The minimum atomic E-state index is -0.753. The summed E-state index contributed by atoms with van der Waals surface area (Å²) in [4.78, 5) is 31.1. The van der Waals surface area contributed by atoms with Crippen molar-refractivity contribution in [1.29, 1.82) is 0 Å². The summed E-state index contributed by atoms with van der Waals surface area (Å²) >= 11 is 0. The SMILES string of the molecule is O=C1N[C@@]2(CCc3ccccc3C2)C(=O)N1C[NH+]1CCN(c2ccccc2)CC1. The second-order valence-corrected chi connectivity index (χ2v) is 8.42. The van der Waals surface area contributed by atoms with Crippen molar-refractivity contribution in [2.45, 2.75) is 24.8 Å². The highest BCUT2D eigenvalue weighted by Crippen LogP contribution is 2.33. The zero-order valence-electron chi connectivity index (χ0n) is 16.6. The number of nitrogens with one attached hydrogen (secondary N) is 2. The Balaban J connectivity index is 1.24. The van der Waals surface area contributed by atoms with Crippen LogP contribution in [0.4, 0.5) is 10.5 Å². The van der Waals surface area contributed by atoms with Crippen LogP contribution in [0.25, 0.3) is 0 Å². The van der Waals surface area contributed by atoms with E-state index in [1.165, 1.54) is 26.6 Å². The lowest BCUT2D eigenvalue weighted by Gasteiger charge is -2.35. The lowest BCUT2D eigenvalue weighted by Crippen LogP contribution is -3.16. The first-order chi connectivity index (χ1) is 14.1. The van der Waals surface area contributed by atoms with E-state index >= 15 is 0 Å². The first kappa shape index (κ1) is 18.2. The molecule has 0 aromatic heterocycles. The van der Waals surface area contributed by atoms with Crippen molar-refractivity contribution in [3.8, 4) is 0 Å². The van der Waals surface area contributed by atoms with E-state index in [4.69, 9.17) is 0 Å². The van der Waals surface area contributed by atoms with Crippen molar-refractivity contribution in [2.24, 2.45) is 0 Å². The van der Waals surface area contributed by atoms with Crippen molar-refractivity contribution in [3.63, 3.8) is 0 Å². The molecule has 0 bridgehead atoms. The lowest BCUT2D eigenvalue weighted by atomic mass is 9.78. The van der Waals surface area contributed by atoms with E-state index < -0.39 is 5.54 Å². The van der Waals surface area contributed by atoms with Crippen molar-refractivity contribution < 1.29 is 14.5 Å². The maximum absolute atomic E-state index is 13.3. The number of carbonyl (C=O) groups excluding carboxylic acids is 2. The van der Waals surface area contributed by atoms with Crippen LogP contribution in [-0.4, -0.2) is 55.2 Å². The maximum atomic E-state index is 13.3. The second-order valence-electron chi connectivity index (χ2n) is 8.42. The molecule has 6 heteroatoms. The number of imide groups is 1. The summed E-state index contributed by atoms with van der Waals surface area (Å²) in [6, 6.07) is 18.4. The number of carbonyl (C=O) groups is 2. The molecule has 1 atom stereocenters.